The molecule has 0 bridgehead atoms. The summed E-state index contributed by atoms with van der Waals surface area (Å²) in [5.74, 6) is 1.03. The van der Waals surface area contributed by atoms with Gasteiger partial charge in [-0.25, -0.2) is 0 Å². The molecule has 27 heavy (non-hydrogen) atoms. The van der Waals surface area contributed by atoms with Gasteiger partial charge in [0.1, 0.15) is 5.75 Å². The van der Waals surface area contributed by atoms with Crippen molar-refractivity contribution in [2.75, 3.05) is 26.7 Å². The van der Waals surface area contributed by atoms with Crippen LogP contribution in [0.15, 0.2) is 53.4 Å². The summed E-state index contributed by atoms with van der Waals surface area (Å²) in [6, 6.07) is 16.6. The van der Waals surface area contributed by atoms with E-state index in [1.165, 1.54) is 23.3 Å². The highest BCUT2D eigenvalue weighted by Crippen LogP contribution is 2.37. The van der Waals surface area contributed by atoms with Crippen LogP contribution < -0.4 is 10.1 Å². The Bertz CT molecular complexity index is 779. The molecule has 0 aliphatic carbocycles. The summed E-state index contributed by atoms with van der Waals surface area (Å²) in [4.78, 5) is 16.5. The molecular formula is C22H26N2O2S. The van der Waals surface area contributed by atoms with Crippen LogP contribution in [0.2, 0.25) is 0 Å². The minimum atomic E-state index is -0.0284. The van der Waals surface area contributed by atoms with Crippen LogP contribution in [0.5, 0.6) is 5.75 Å². The minimum absolute atomic E-state index is 0.0284. The summed E-state index contributed by atoms with van der Waals surface area (Å²) in [5, 5.41) is 3.20. The molecule has 2 aliphatic rings. The number of rotatable bonds is 6. The number of carbonyl (C=O) groups excluding carboxylic acids is 1. The molecule has 142 valence electrons. The van der Waals surface area contributed by atoms with Crippen molar-refractivity contribution in [2.45, 2.75) is 35.4 Å². The van der Waals surface area contributed by atoms with Crippen molar-refractivity contribution in [1.29, 1.82) is 0 Å². The monoisotopic (exact) mass is 382 g/mol. The lowest BCUT2D eigenvalue weighted by molar-refractivity contribution is -0.120. The van der Waals surface area contributed by atoms with E-state index in [2.05, 4.69) is 28.4 Å². The van der Waals surface area contributed by atoms with Crippen molar-refractivity contribution < 1.29 is 9.53 Å². The third kappa shape index (κ3) is 3.99. The number of carbonyl (C=O) groups is 1. The molecule has 1 fully saturated rings. The Morgan fingerprint density at radius 2 is 1.93 bits per heavy atom. The quantitative estimate of drug-likeness (QED) is 0.828. The number of benzene rings is 2. The molecule has 2 unspecified atom stereocenters. The lowest BCUT2D eigenvalue weighted by atomic mass is 10.0. The second-order valence-electron chi connectivity index (χ2n) is 7.16. The summed E-state index contributed by atoms with van der Waals surface area (Å²) < 4.78 is 5.59. The van der Waals surface area contributed by atoms with Crippen LogP contribution in [0.25, 0.3) is 0 Å². The Morgan fingerprint density at radius 3 is 2.70 bits per heavy atom. The Labute approximate surface area is 165 Å². The highest BCUT2D eigenvalue weighted by Gasteiger charge is 2.30. The first-order valence-electron chi connectivity index (χ1n) is 9.65. The van der Waals surface area contributed by atoms with Gasteiger partial charge in [0.25, 0.3) is 0 Å². The fourth-order valence-electron chi connectivity index (χ4n) is 4.07. The van der Waals surface area contributed by atoms with Crippen LogP contribution in [0.1, 0.15) is 30.0 Å². The van der Waals surface area contributed by atoms with Gasteiger partial charge in [0.2, 0.25) is 5.91 Å². The average molecular weight is 383 g/mol. The molecule has 1 saturated heterocycles. The molecule has 2 aliphatic heterocycles. The summed E-state index contributed by atoms with van der Waals surface area (Å²) in [6.45, 7) is 2.76. The fourth-order valence-corrected chi connectivity index (χ4v) is 5.29. The maximum absolute atomic E-state index is 12.8. The van der Waals surface area contributed by atoms with E-state index in [9.17, 15) is 4.79 Å². The van der Waals surface area contributed by atoms with Crippen LogP contribution >= 0.6 is 11.8 Å². The van der Waals surface area contributed by atoms with Gasteiger partial charge < -0.3 is 10.1 Å². The van der Waals surface area contributed by atoms with Gasteiger partial charge in [-0.05, 0) is 50.0 Å². The van der Waals surface area contributed by atoms with Crippen molar-refractivity contribution in [3.8, 4) is 5.75 Å². The molecule has 0 spiro atoms. The lowest BCUT2D eigenvalue weighted by Crippen LogP contribution is -2.40. The van der Waals surface area contributed by atoms with Crippen molar-refractivity contribution in [3.63, 3.8) is 0 Å². The Kier molecular flexibility index (Phi) is 5.69. The predicted octanol–water partition coefficient (Wildman–Crippen LogP) is 3.67. The molecule has 2 heterocycles. The smallest absolute Gasteiger partial charge is 0.233 e. The molecule has 0 aromatic heterocycles. The number of hydrogen-bond donors (Lipinski definition) is 1. The lowest BCUT2D eigenvalue weighted by Gasteiger charge is -2.29. The van der Waals surface area contributed by atoms with E-state index in [4.69, 9.17) is 4.74 Å². The van der Waals surface area contributed by atoms with E-state index in [-0.39, 0.29) is 17.2 Å². The summed E-state index contributed by atoms with van der Waals surface area (Å²) in [5.41, 5.74) is 2.44. The number of para-hydroxylation sites is 1. The number of amides is 1. The van der Waals surface area contributed by atoms with E-state index >= 15 is 0 Å². The first-order valence-corrected chi connectivity index (χ1v) is 10.5. The van der Waals surface area contributed by atoms with Crippen LogP contribution in [-0.2, 0) is 11.2 Å². The molecule has 1 amide bonds. The third-order valence-corrected chi connectivity index (χ3v) is 6.81. The van der Waals surface area contributed by atoms with Crippen molar-refractivity contribution in [3.05, 3.63) is 59.7 Å². The van der Waals surface area contributed by atoms with E-state index in [1.807, 2.05) is 30.3 Å². The Morgan fingerprint density at radius 1 is 1.19 bits per heavy atom. The second-order valence-corrected chi connectivity index (χ2v) is 8.41. The number of likely N-dealkylation sites (tertiary alicyclic amines) is 1. The largest absolute Gasteiger partial charge is 0.496 e. The third-order valence-electron chi connectivity index (χ3n) is 5.49. The molecule has 2 aromatic carbocycles. The normalized spacial score (nSPS) is 20.3. The zero-order chi connectivity index (χ0) is 18.6. The fraction of sp³-hybridized carbons (Fsp3) is 0.409. The number of nitrogens with one attached hydrogen (secondary N) is 1. The molecule has 1 N–H and O–H groups in total. The number of nitrogens with zero attached hydrogens (tertiary/aromatic N) is 1. The zero-order valence-electron chi connectivity index (χ0n) is 15.7. The molecule has 4 rings (SSSR count). The molecule has 0 radical (unpaired) electrons. The predicted molar refractivity (Wildman–Crippen MR) is 109 cm³/mol. The molecular weight excluding hydrogens is 356 g/mol. The topological polar surface area (TPSA) is 41.6 Å². The number of hydrogen-bond acceptors (Lipinski definition) is 4. The zero-order valence-corrected chi connectivity index (χ0v) is 16.5. The van der Waals surface area contributed by atoms with Gasteiger partial charge in [-0.2, -0.15) is 0 Å². The summed E-state index contributed by atoms with van der Waals surface area (Å²) >= 11 is 1.68. The van der Waals surface area contributed by atoms with Gasteiger partial charge >= 0.3 is 0 Å². The van der Waals surface area contributed by atoms with Gasteiger partial charge in [-0.15, -0.1) is 11.8 Å². The summed E-state index contributed by atoms with van der Waals surface area (Å²) in [6.07, 6.45) is 3.25. The van der Waals surface area contributed by atoms with Crippen LogP contribution in [0.3, 0.4) is 0 Å². The molecule has 2 atom stereocenters. The first-order chi connectivity index (χ1) is 13.3. The molecule has 5 heteroatoms. The second kappa shape index (κ2) is 8.36. The van der Waals surface area contributed by atoms with E-state index in [0.29, 0.717) is 6.54 Å². The molecule has 0 saturated carbocycles. The first kappa shape index (κ1) is 18.4. The van der Waals surface area contributed by atoms with Gasteiger partial charge in [0, 0.05) is 17.0 Å². The van der Waals surface area contributed by atoms with Crippen molar-refractivity contribution in [2.24, 2.45) is 0 Å². The standard InChI is InChI=1S/C22H26N2O2S/c1-26-19-10-4-3-9-17(19)18(24-12-6-7-13-24)15-23-22(25)21-14-16-8-2-5-11-20(16)27-21/h2-5,8-11,18,21H,6-7,12-15H2,1H3,(H,23,25). The van der Waals surface area contributed by atoms with Gasteiger partial charge in [-0.3, -0.25) is 9.69 Å². The molecule has 2 aromatic rings. The number of ether oxygens (including phenoxy) is 1. The van der Waals surface area contributed by atoms with E-state index in [1.54, 1.807) is 18.9 Å². The Balaban J connectivity index is 1.45. The van der Waals surface area contributed by atoms with Gasteiger partial charge in [0.15, 0.2) is 0 Å². The minimum Gasteiger partial charge on any atom is -0.496 e. The maximum atomic E-state index is 12.8. The Hall–Kier alpha value is -1.98. The SMILES string of the molecule is COc1ccccc1C(CNC(=O)C1Cc2ccccc2S1)N1CCCC1. The average Bonchev–Trinajstić information content (AvgIpc) is 3.38. The number of methoxy groups -OCH3 is 1. The highest BCUT2D eigenvalue weighted by atomic mass is 32.2. The number of fused-ring (bicyclic) bond motifs is 1. The van der Waals surface area contributed by atoms with E-state index < -0.39 is 0 Å². The molecule has 4 nitrogen and oxygen atoms in total. The number of thioether (sulfide) groups is 1. The van der Waals surface area contributed by atoms with Crippen LogP contribution in [0.4, 0.5) is 0 Å². The van der Waals surface area contributed by atoms with E-state index in [0.717, 1.165) is 30.8 Å². The highest BCUT2D eigenvalue weighted by molar-refractivity contribution is 8.01. The van der Waals surface area contributed by atoms with Gasteiger partial charge in [0.05, 0.1) is 18.4 Å². The van der Waals surface area contributed by atoms with Crippen molar-refractivity contribution in [1.82, 2.24) is 10.2 Å². The van der Waals surface area contributed by atoms with Crippen LogP contribution in [0, 0.1) is 0 Å². The van der Waals surface area contributed by atoms with Gasteiger partial charge in [-0.1, -0.05) is 36.4 Å². The summed E-state index contributed by atoms with van der Waals surface area (Å²) in [7, 11) is 1.71. The van der Waals surface area contributed by atoms with Crippen molar-refractivity contribution >= 4 is 17.7 Å². The van der Waals surface area contributed by atoms with Crippen LogP contribution in [-0.4, -0.2) is 42.8 Å². The maximum Gasteiger partial charge on any atom is 0.233 e.